The smallest absolute Gasteiger partial charge is 0.180 e. The van der Waals surface area contributed by atoms with Crippen molar-refractivity contribution in [2.24, 2.45) is 5.73 Å². The molecule has 0 aliphatic heterocycles. The number of hydrogen-bond acceptors (Lipinski definition) is 6. The lowest BCUT2D eigenvalue weighted by Crippen LogP contribution is -2.51. The first kappa shape index (κ1) is 24.6. The normalized spacial score (nSPS) is 20.6. The third kappa shape index (κ3) is 6.74. The highest BCUT2D eigenvalue weighted by atomic mass is 31.1. The Hall–Kier alpha value is 0.620. The molecule has 2 N–H and O–H groups in total. The fourth-order valence-electron chi connectivity index (χ4n) is 2.46. The molecule has 0 saturated carbocycles. The minimum absolute atomic E-state index is 0.161. The molecular formula is C16H37NO5P2. The highest BCUT2D eigenvalue weighted by molar-refractivity contribution is 7.41. The zero-order valence-corrected chi connectivity index (χ0v) is 18.9. The van der Waals surface area contributed by atoms with E-state index in [1.54, 1.807) is 28.4 Å². The summed E-state index contributed by atoms with van der Waals surface area (Å²) in [5.41, 5.74) is 4.54. The molecule has 0 aromatic heterocycles. The van der Waals surface area contributed by atoms with Gasteiger partial charge >= 0.3 is 0 Å². The third-order valence-corrected chi connectivity index (χ3v) is 8.55. The van der Waals surface area contributed by atoms with Crippen LogP contribution >= 0.6 is 17.2 Å². The van der Waals surface area contributed by atoms with Gasteiger partial charge in [0.05, 0.1) is 5.60 Å². The SMILES string of the molecule is COC(C)(OC)PC(C)C(C)(OC(C)N)C(C)PC(C)(OC)OC. The Labute approximate surface area is 151 Å². The summed E-state index contributed by atoms with van der Waals surface area (Å²) in [6.07, 6.45) is -0.373. The summed E-state index contributed by atoms with van der Waals surface area (Å²) in [6.45, 7) is 12.1. The van der Waals surface area contributed by atoms with Crippen molar-refractivity contribution in [2.45, 2.75) is 75.7 Å². The van der Waals surface area contributed by atoms with Gasteiger partial charge in [0.1, 0.15) is 6.23 Å². The number of ether oxygens (including phenoxy) is 5. The Bertz CT molecular complexity index is 336. The van der Waals surface area contributed by atoms with E-state index >= 15 is 0 Å². The van der Waals surface area contributed by atoms with Crippen LogP contribution < -0.4 is 5.73 Å². The minimum atomic E-state index is -0.642. The summed E-state index contributed by atoms with van der Waals surface area (Å²) in [7, 11) is 7.39. The fraction of sp³-hybridized carbons (Fsp3) is 1.00. The third-order valence-electron chi connectivity index (χ3n) is 4.67. The van der Waals surface area contributed by atoms with E-state index in [1.807, 2.05) is 20.8 Å². The van der Waals surface area contributed by atoms with Crippen LogP contribution in [0.4, 0.5) is 0 Å². The monoisotopic (exact) mass is 385 g/mol. The molecule has 24 heavy (non-hydrogen) atoms. The average molecular weight is 385 g/mol. The van der Waals surface area contributed by atoms with Gasteiger partial charge in [-0.3, -0.25) is 0 Å². The second-order valence-corrected chi connectivity index (χ2v) is 10.6. The number of methoxy groups -OCH3 is 4. The molecule has 8 heteroatoms. The molecule has 0 saturated heterocycles. The van der Waals surface area contributed by atoms with E-state index in [9.17, 15) is 0 Å². The topological polar surface area (TPSA) is 72.2 Å². The molecule has 0 aliphatic carbocycles. The van der Waals surface area contributed by atoms with Crippen LogP contribution in [-0.2, 0) is 23.7 Å². The molecule has 0 rings (SSSR count). The van der Waals surface area contributed by atoms with Gasteiger partial charge in [-0.15, -0.1) is 0 Å². The second kappa shape index (κ2) is 10.1. The van der Waals surface area contributed by atoms with Crippen LogP contribution in [-0.4, -0.2) is 62.6 Å². The van der Waals surface area contributed by atoms with Gasteiger partial charge in [-0.25, -0.2) is 0 Å². The minimum Gasteiger partial charge on any atom is -0.356 e. The molecule has 5 atom stereocenters. The Morgan fingerprint density at radius 1 is 0.708 bits per heavy atom. The summed E-state index contributed by atoms with van der Waals surface area (Å²) in [6, 6.07) is 0. The Balaban J connectivity index is 5.46. The Kier molecular flexibility index (Phi) is 10.3. The van der Waals surface area contributed by atoms with Gasteiger partial charge in [-0.1, -0.05) is 31.0 Å². The van der Waals surface area contributed by atoms with Crippen LogP contribution in [0.25, 0.3) is 0 Å². The van der Waals surface area contributed by atoms with E-state index in [-0.39, 0.29) is 17.5 Å². The van der Waals surface area contributed by atoms with Crippen LogP contribution in [0.15, 0.2) is 0 Å². The van der Waals surface area contributed by atoms with E-state index in [0.29, 0.717) is 17.2 Å². The molecule has 0 aromatic rings. The number of rotatable bonds is 12. The maximum Gasteiger partial charge on any atom is 0.180 e. The van der Waals surface area contributed by atoms with Crippen molar-refractivity contribution in [1.29, 1.82) is 0 Å². The molecule has 5 unspecified atom stereocenters. The van der Waals surface area contributed by atoms with E-state index in [0.717, 1.165) is 0 Å². The van der Waals surface area contributed by atoms with Gasteiger partial charge < -0.3 is 29.4 Å². The van der Waals surface area contributed by atoms with Crippen molar-refractivity contribution >= 4 is 17.2 Å². The zero-order chi connectivity index (χ0) is 19.2. The van der Waals surface area contributed by atoms with Crippen molar-refractivity contribution in [3.63, 3.8) is 0 Å². The highest BCUT2D eigenvalue weighted by Crippen LogP contribution is 2.50. The zero-order valence-electron chi connectivity index (χ0n) is 16.9. The van der Waals surface area contributed by atoms with Gasteiger partial charge in [0.2, 0.25) is 0 Å². The fourth-order valence-corrected chi connectivity index (χ4v) is 5.88. The molecule has 6 nitrogen and oxygen atoms in total. The van der Waals surface area contributed by atoms with Crippen LogP contribution in [0, 0.1) is 0 Å². The summed E-state index contributed by atoms with van der Waals surface area (Å²) < 4.78 is 28.3. The Morgan fingerprint density at radius 3 is 1.21 bits per heavy atom. The molecule has 0 radical (unpaired) electrons. The van der Waals surface area contributed by atoms with Crippen molar-refractivity contribution in [3.05, 3.63) is 0 Å². The molecular weight excluding hydrogens is 348 g/mol. The van der Waals surface area contributed by atoms with Crippen molar-refractivity contribution in [1.82, 2.24) is 0 Å². The lowest BCUT2D eigenvalue weighted by atomic mass is 9.98. The van der Waals surface area contributed by atoms with Crippen LogP contribution in [0.3, 0.4) is 0 Å². The van der Waals surface area contributed by atoms with Gasteiger partial charge in [-0.05, 0) is 27.7 Å². The van der Waals surface area contributed by atoms with Gasteiger partial charge in [0.25, 0.3) is 0 Å². The largest absolute Gasteiger partial charge is 0.356 e. The summed E-state index contributed by atoms with van der Waals surface area (Å²) in [5.74, 6) is 0. The van der Waals surface area contributed by atoms with Crippen molar-refractivity contribution in [3.8, 4) is 0 Å². The Morgan fingerprint density at radius 2 is 1.00 bits per heavy atom. The lowest BCUT2D eigenvalue weighted by molar-refractivity contribution is -0.129. The van der Waals surface area contributed by atoms with Crippen LogP contribution in [0.5, 0.6) is 0 Å². The maximum atomic E-state index is 6.20. The predicted molar refractivity (Wildman–Crippen MR) is 104 cm³/mol. The predicted octanol–water partition coefficient (Wildman–Crippen LogP) is 3.13. The number of nitrogens with two attached hydrogens (primary N) is 1. The molecule has 146 valence electrons. The van der Waals surface area contributed by atoms with Gasteiger partial charge in [-0.2, -0.15) is 0 Å². The van der Waals surface area contributed by atoms with Crippen LogP contribution in [0.1, 0.15) is 41.5 Å². The molecule has 0 amide bonds. The molecule has 0 bridgehead atoms. The van der Waals surface area contributed by atoms with Crippen molar-refractivity contribution in [2.75, 3.05) is 28.4 Å². The summed E-state index contributed by atoms with van der Waals surface area (Å²) in [5, 5.41) is 0. The van der Waals surface area contributed by atoms with Gasteiger partial charge in [0, 0.05) is 39.8 Å². The highest BCUT2D eigenvalue weighted by Gasteiger charge is 2.45. The maximum absolute atomic E-state index is 6.20. The lowest BCUT2D eigenvalue weighted by Gasteiger charge is -2.46. The summed E-state index contributed by atoms with van der Waals surface area (Å²) >= 11 is 0. The standard InChI is InChI=1S/C16H37NO5P2/c1-11(23-15(5,18-7)19-8)14(4,22-13(3)17)12(2)24-16(6,20-9)21-10/h11-13,23-24H,17H2,1-10H3. The first-order valence-corrected chi connectivity index (χ1v) is 10.3. The molecule has 0 spiro atoms. The van der Waals surface area contributed by atoms with Crippen LogP contribution in [0.2, 0.25) is 0 Å². The van der Waals surface area contributed by atoms with E-state index in [2.05, 4.69) is 20.8 Å². The molecule has 0 heterocycles. The van der Waals surface area contributed by atoms with E-state index in [1.165, 1.54) is 0 Å². The number of hydrogen-bond donors (Lipinski definition) is 1. The quantitative estimate of drug-likeness (QED) is 0.411. The summed E-state index contributed by atoms with van der Waals surface area (Å²) in [4.78, 5) is 0. The first-order chi connectivity index (χ1) is 10.9. The van der Waals surface area contributed by atoms with Crippen molar-refractivity contribution < 1.29 is 23.7 Å². The van der Waals surface area contributed by atoms with E-state index in [4.69, 9.17) is 29.4 Å². The van der Waals surface area contributed by atoms with E-state index < -0.39 is 16.7 Å². The molecule has 0 aromatic carbocycles. The first-order valence-electron chi connectivity index (χ1n) is 8.11. The average Bonchev–Trinajstić information content (AvgIpc) is 2.53. The second-order valence-electron chi connectivity index (χ2n) is 6.45. The van der Waals surface area contributed by atoms with Gasteiger partial charge in [0.15, 0.2) is 11.1 Å². The molecule has 0 fully saturated rings. The molecule has 0 aliphatic rings.